The molecule has 132 valence electrons. The Bertz CT molecular complexity index is 570. The average molecular weight is 332 g/mol. The fourth-order valence-electron chi connectivity index (χ4n) is 3.58. The van der Waals surface area contributed by atoms with Crippen LogP contribution >= 0.6 is 0 Å². The van der Waals surface area contributed by atoms with Crippen molar-refractivity contribution < 1.29 is 4.79 Å². The van der Waals surface area contributed by atoms with E-state index in [2.05, 4.69) is 20.2 Å². The van der Waals surface area contributed by atoms with Crippen LogP contribution in [0.5, 0.6) is 0 Å². The summed E-state index contributed by atoms with van der Waals surface area (Å²) < 4.78 is 0. The van der Waals surface area contributed by atoms with E-state index in [1.807, 2.05) is 37.0 Å². The van der Waals surface area contributed by atoms with Crippen LogP contribution in [0.1, 0.15) is 25.7 Å². The first-order chi connectivity index (χ1) is 11.5. The zero-order valence-electron chi connectivity index (χ0n) is 14.9. The molecule has 3 rings (SSSR count). The molecule has 7 heteroatoms. The minimum atomic E-state index is 0.0871. The summed E-state index contributed by atoms with van der Waals surface area (Å²) in [7, 11) is 5.87. The normalized spacial score (nSPS) is 23.4. The number of nitrogens with one attached hydrogen (secondary N) is 1. The molecule has 0 aromatic carbocycles. The van der Waals surface area contributed by atoms with E-state index < -0.39 is 0 Å². The van der Waals surface area contributed by atoms with Crippen LogP contribution in [-0.2, 0) is 4.79 Å². The zero-order valence-corrected chi connectivity index (χ0v) is 14.9. The van der Waals surface area contributed by atoms with E-state index in [1.54, 1.807) is 6.33 Å². The molecule has 0 aliphatic carbocycles. The smallest absolute Gasteiger partial charge is 0.239 e. The van der Waals surface area contributed by atoms with E-state index in [0.717, 1.165) is 57.0 Å². The Morgan fingerprint density at radius 1 is 1.17 bits per heavy atom. The van der Waals surface area contributed by atoms with Crippen LogP contribution in [0.2, 0.25) is 0 Å². The lowest BCUT2D eigenvalue weighted by Crippen LogP contribution is -2.54. The lowest BCUT2D eigenvalue weighted by atomic mass is 9.98. The molecule has 1 N–H and O–H groups in total. The zero-order chi connectivity index (χ0) is 17.1. The van der Waals surface area contributed by atoms with Crippen LogP contribution in [-0.4, -0.2) is 78.5 Å². The lowest BCUT2D eigenvalue weighted by Gasteiger charge is -2.40. The summed E-state index contributed by atoms with van der Waals surface area (Å²) in [6, 6.07) is 2.47. The standard InChI is InChI=1S/C17H28N6O/c1-21(2)16-11-15(18-12-19-16)20-13-6-9-23(10-7-13)14-5-4-8-22(3)17(14)24/h11-14H,4-10H2,1-3H3,(H,18,19,20). The first kappa shape index (κ1) is 17.0. The molecule has 2 aliphatic heterocycles. The van der Waals surface area contributed by atoms with Gasteiger partial charge in [-0.25, -0.2) is 9.97 Å². The van der Waals surface area contributed by atoms with Gasteiger partial charge in [0.25, 0.3) is 0 Å². The third-order valence-electron chi connectivity index (χ3n) is 5.07. The van der Waals surface area contributed by atoms with E-state index in [4.69, 9.17) is 0 Å². The number of amides is 1. The molecule has 7 nitrogen and oxygen atoms in total. The maximum atomic E-state index is 12.3. The second kappa shape index (κ2) is 7.34. The highest BCUT2D eigenvalue weighted by Crippen LogP contribution is 2.22. The predicted octanol–water partition coefficient (Wildman–Crippen LogP) is 1.04. The predicted molar refractivity (Wildman–Crippen MR) is 95.2 cm³/mol. The van der Waals surface area contributed by atoms with Crippen LogP contribution in [0.3, 0.4) is 0 Å². The van der Waals surface area contributed by atoms with Crippen LogP contribution in [0, 0.1) is 0 Å². The van der Waals surface area contributed by atoms with E-state index in [1.165, 1.54) is 0 Å². The molecule has 1 atom stereocenters. The second-order valence-corrected chi connectivity index (χ2v) is 7.03. The Hall–Kier alpha value is -1.89. The molecule has 1 aromatic rings. The molecular formula is C17H28N6O. The van der Waals surface area contributed by atoms with E-state index in [9.17, 15) is 4.79 Å². The maximum absolute atomic E-state index is 12.3. The summed E-state index contributed by atoms with van der Waals surface area (Å²) in [4.78, 5) is 27.1. The summed E-state index contributed by atoms with van der Waals surface area (Å²) in [6.45, 7) is 2.83. The Balaban J connectivity index is 1.54. The van der Waals surface area contributed by atoms with Gasteiger partial charge in [0.05, 0.1) is 6.04 Å². The molecule has 2 saturated heterocycles. The molecule has 2 aliphatic rings. The Labute approximate surface area is 144 Å². The van der Waals surface area contributed by atoms with Crippen LogP contribution in [0.15, 0.2) is 12.4 Å². The molecule has 1 amide bonds. The summed E-state index contributed by atoms with van der Waals surface area (Å²) >= 11 is 0. The van der Waals surface area contributed by atoms with E-state index in [-0.39, 0.29) is 6.04 Å². The molecule has 2 fully saturated rings. The molecule has 0 spiro atoms. The van der Waals surface area contributed by atoms with Gasteiger partial charge in [-0.1, -0.05) is 0 Å². The third-order valence-corrected chi connectivity index (χ3v) is 5.07. The van der Waals surface area contributed by atoms with Gasteiger partial charge in [-0.15, -0.1) is 0 Å². The summed E-state index contributed by atoms with van der Waals surface area (Å²) in [5.74, 6) is 2.07. The van der Waals surface area contributed by atoms with E-state index in [0.29, 0.717) is 11.9 Å². The lowest BCUT2D eigenvalue weighted by molar-refractivity contribution is -0.139. The van der Waals surface area contributed by atoms with Crippen molar-refractivity contribution in [3.63, 3.8) is 0 Å². The van der Waals surface area contributed by atoms with Gasteiger partial charge in [0.1, 0.15) is 18.0 Å². The quantitative estimate of drug-likeness (QED) is 0.889. The Kier molecular flexibility index (Phi) is 5.18. The number of carbonyl (C=O) groups is 1. The van der Waals surface area contributed by atoms with Crippen molar-refractivity contribution in [2.24, 2.45) is 0 Å². The van der Waals surface area contributed by atoms with Crippen LogP contribution < -0.4 is 10.2 Å². The van der Waals surface area contributed by atoms with Gasteiger partial charge >= 0.3 is 0 Å². The molecule has 0 radical (unpaired) electrons. The van der Waals surface area contributed by atoms with Crippen LogP contribution in [0.4, 0.5) is 11.6 Å². The number of hydrogen-bond donors (Lipinski definition) is 1. The minimum Gasteiger partial charge on any atom is -0.367 e. The number of rotatable bonds is 4. The summed E-state index contributed by atoms with van der Waals surface area (Å²) in [5.41, 5.74) is 0. The Morgan fingerprint density at radius 2 is 1.92 bits per heavy atom. The third kappa shape index (κ3) is 3.77. The van der Waals surface area contributed by atoms with Crippen molar-refractivity contribution >= 4 is 17.5 Å². The number of nitrogens with zero attached hydrogens (tertiary/aromatic N) is 5. The topological polar surface area (TPSA) is 64.6 Å². The molecular weight excluding hydrogens is 304 g/mol. The summed E-state index contributed by atoms with van der Waals surface area (Å²) in [6.07, 6.45) is 5.78. The van der Waals surface area contributed by atoms with Gasteiger partial charge in [0.15, 0.2) is 0 Å². The van der Waals surface area contributed by atoms with Gasteiger partial charge < -0.3 is 15.1 Å². The van der Waals surface area contributed by atoms with Crippen LogP contribution in [0.25, 0.3) is 0 Å². The highest BCUT2D eigenvalue weighted by atomic mass is 16.2. The number of hydrogen-bond acceptors (Lipinski definition) is 6. The fraction of sp³-hybridized carbons (Fsp3) is 0.706. The molecule has 3 heterocycles. The molecule has 0 saturated carbocycles. The number of likely N-dealkylation sites (N-methyl/N-ethyl adjacent to an activating group) is 1. The molecule has 24 heavy (non-hydrogen) atoms. The monoisotopic (exact) mass is 332 g/mol. The van der Waals surface area contributed by atoms with Crippen molar-refractivity contribution in [3.8, 4) is 0 Å². The van der Waals surface area contributed by atoms with Crippen molar-refractivity contribution in [3.05, 3.63) is 12.4 Å². The van der Waals surface area contributed by atoms with Gasteiger partial charge in [-0.3, -0.25) is 9.69 Å². The van der Waals surface area contributed by atoms with Crippen molar-refractivity contribution in [2.75, 3.05) is 51.0 Å². The first-order valence-corrected chi connectivity index (χ1v) is 8.79. The number of carbonyl (C=O) groups excluding carboxylic acids is 1. The van der Waals surface area contributed by atoms with E-state index >= 15 is 0 Å². The van der Waals surface area contributed by atoms with Crippen molar-refractivity contribution in [2.45, 2.75) is 37.8 Å². The van der Waals surface area contributed by atoms with Gasteiger partial charge in [-0.2, -0.15) is 0 Å². The van der Waals surface area contributed by atoms with Crippen molar-refractivity contribution in [1.29, 1.82) is 0 Å². The summed E-state index contributed by atoms with van der Waals surface area (Å²) in [5, 5.41) is 3.52. The molecule has 1 aromatic heterocycles. The fourth-order valence-corrected chi connectivity index (χ4v) is 3.58. The molecule has 0 bridgehead atoms. The first-order valence-electron chi connectivity index (χ1n) is 8.79. The molecule has 1 unspecified atom stereocenters. The van der Waals surface area contributed by atoms with Gasteiger partial charge in [0, 0.05) is 52.9 Å². The second-order valence-electron chi connectivity index (χ2n) is 7.03. The largest absolute Gasteiger partial charge is 0.367 e. The highest BCUT2D eigenvalue weighted by Gasteiger charge is 2.33. The SMILES string of the molecule is CN1CCCC(N2CCC(Nc3cc(N(C)C)ncn3)CC2)C1=O. The minimum absolute atomic E-state index is 0.0871. The highest BCUT2D eigenvalue weighted by molar-refractivity contribution is 5.82. The van der Waals surface area contributed by atoms with Crippen molar-refractivity contribution in [1.82, 2.24) is 19.8 Å². The Morgan fingerprint density at radius 3 is 2.62 bits per heavy atom. The van der Waals surface area contributed by atoms with Gasteiger partial charge in [0.2, 0.25) is 5.91 Å². The van der Waals surface area contributed by atoms with Gasteiger partial charge in [-0.05, 0) is 25.7 Å². The average Bonchev–Trinajstić information content (AvgIpc) is 2.58. The number of anilines is 2. The maximum Gasteiger partial charge on any atom is 0.239 e. The number of aromatic nitrogens is 2. The number of piperidine rings is 2. The number of likely N-dealkylation sites (tertiary alicyclic amines) is 2.